The van der Waals surface area contributed by atoms with Crippen LogP contribution in [0.2, 0.25) is 0 Å². The number of allylic oxidation sites excluding steroid dienone is 2. The summed E-state index contributed by atoms with van der Waals surface area (Å²) in [5, 5.41) is 10.8. The molecule has 0 amide bonds. The van der Waals surface area contributed by atoms with E-state index < -0.39 is 0 Å². The number of rotatable bonds is 8. The van der Waals surface area contributed by atoms with Gasteiger partial charge in [-0.15, -0.1) is 0 Å². The number of fused-ring (bicyclic) bond motifs is 9. The van der Waals surface area contributed by atoms with Gasteiger partial charge >= 0.3 is 0 Å². The van der Waals surface area contributed by atoms with Gasteiger partial charge in [-0.1, -0.05) is 164 Å². The normalized spacial score (nSPS) is 12.6. The van der Waals surface area contributed by atoms with Crippen LogP contribution in [-0.2, 0) is 0 Å². The molecule has 1 aliphatic rings. The van der Waals surface area contributed by atoms with Gasteiger partial charge in [0, 0.05) is 61.6 Å². The quantitative estimate of drug-likeness (QED) is 0.161. The third-order valence-corrected chi connectivity index (χ3v) is 15.5. The van der Waals surface area contributed by atoms with E-state index in [4.69, 9.17) is 0 Å². The summed E-state index contributed by atoms with van der Waals surface area (Å²) in [6.45, 7) is 0.839. The zero-order chi connectivity index (χ0) is 49.4. The van der Waals surface area contributed by atoms with Gasteiger partial charge in [-0.2, -0.15) is 0 Å². The first-order valence-electron chi connectivity index (χ1n) is 25.9. The SMILES string of the molecule is C1=CCNC(c2ccc(-n3c4ccc(-c5ccccc5)cc4c4cc(-c5ccc6c(c5)c5cc(-c7ccccc7)ccc5n6-c5ccc6c(c5)c5cc(-c7ccccc7)ccc5n6-c5ccccc5)ccc43)cc2)=C1. The molecule has 0 spiro atoms. The Labute approximate surface area is 434 Å². The summed E-state index contributed by atoms with van der Waals surface area (Å²) in [5.74, 6) is 0. The molecule has 4 heteroatoms. The van der Waals surface area contributed by atoms with Crippen molar-refractivity contribution in [3.8, 4) is 61.6 Å². The van der Waals surface area contributed by atoms with Gasteiger partial charge in [0.25, 0.3) is 0 Å². The van der Waals surface area contributed by atoms with Crippen molar-refractivity contribution in [2.24, 2.45) is 0 Å². The van der Waals surface area contributed by atoms with Crippen LogP contribution in [0, 0.1) is 0 Å². The van der Waals surface area contributed by atoms with E-state index in [0.717, 1.165) is 29.3 Å². The zero-order valence-electron chi connectivity index (χ0n) is 41.0. The lowest BCUT2D eigenvalue weighted by Crippen LogP contribution is -2.14. The second-order valence-electron chi connectivity index (χ2n) is 19.7. The fraction of sp³-hybridized carbons (Fsp3) is 0.0141. The van der Waals surface area contributed by atoms with Gasteiger partial charge < -0.3 is 19.0 Å². The third-order valence-electron chi connectivity index (χ3n) is 15.5. The smallest absolute Gasteiger partial charge is 0.0542 e. The Kier molecular flexibility index (Phi) is 9.92. The summed E-state index contributed by atoms with van der Waals surface area (Å²) in [6, 6.07) is 93.9. The van der Waals surface area contributed by atoms with Crippen molar-refractivity contribution in [2.75, 3.05) is 6.54 Å². The van der Waals surface area contributed by atoms with E-state index in [1.54, 1.807) is 0 Å². The molecular weight excluding hydrogens is 909 g/mol. The fourth-order valence-corrected chi connectivity index (χ4v) is 11.8. The molecule has 15 rings (SSSR count). The van der Waals surface area contributed by atoms with Crippen LogP contribution in [0.3, 0.4) is 0 Å². The minimum Gasteiger partial charge on any atom is -0.381 e. The number of hydrogen-bond acceptors (Lipinski definition) is 1. The monoisotopic (exact) mass is 956 g/mol. The summed E-state index contributed by atoms with van der Waals surface area (Å²) in [4.78, 5) is 0. The van der Waals surface area contributed by atoms with Crippen molar-refractivity contribution in [1.29, 1.82) is 0 Å². The van der Waals surface area contributed by atoms with Crippen LogP contribution >= 0.6 is 0 Å². The van der Waals surface area contributed by atoms with Crippen molar-refractivity contribution >= 4 is 71.1 Å². The molecule has 0 saturated heterocycles. The maximum atomic E-state index is 3.52. The fourth-order valence-electron chi connectivity index (χ4n) is 11.8. The number of para-hydroxylation sites is 1. The number of benzene rings is 11. The van der Waals surface area contributed by atoms with Crippen LogP contribution in [0.15, 0.2) is 273 Å². The van der Waals surface area contributed by atoms with Gasteiger partial charge in [-0.05, 0) is 159 Å². The van der Waals surface area contributed by atoms with E-state index in [2.05, 4.69) is 292 Å². The van der Waals surface area contributed by atoms with Gasteiger partial charge in [0.15, 0.2) is 0 Å². The van der Waals surface area contributed by atoms with E-state index in [1.807, 2.05) is 0 Å². The molecule has 0 saturated carbocycles. The van der Waals surface area contributed by atoms with Crippen molar-refractivity contribution in [2.45, 2.75) is 0 Å². The van der Waals surface area contributed by atoms with E-state index in [-0.39, 0.29) is 0 Å². The first-order chi connectivity index (χ1) is 37.2. The molecule has 352 valence electrons. The van der Waals surface area contributed by atoms with E-state index >= 15 is 0 Å². The molecule has 0 unspecified atom stereocenters. The molecule has 0 radical (unpaired) electrons. The topological polar surface area (TPSA) is 26.8 Å². The number of dihydropyridines is 1. The molecule has 0 fully saturated rings. The van der Waals surface area contributed by atoms with Crippen molar-refractivity contribution < 1.29 is 0 Å². The van der Waals surface area contributed by atoms with Crippen LogP contribution < -0.4 is 5.32 Å². The molecule has 0 aliphatic carbocycles. The highest BCUT2D eigenvalue weighted by molar-refractivity contribution is 6.15. The molecule has 4 heterocycles. The molecular formula is C71H48N4. The van der Waals surface area contributed by atoms with Crippen LogP contribution in [0.1, 0.15) is 5.56 Å². The Hall–Kier alpha value is -9.90. The molecule has 11 aromatic carbocycles. The molecule has 0 bridgehead atoms. The van der Waals surface area contributed by atoms with E-state index in [9.17, 15) is 0 Å². The lowest BCUT2D eigenvalue weighted by atomic mass is 9.98. The average Bonchev–Trinajstić information content (AvgIpc) is 4.19. The van der Waals surface area contributed by atoms with Crippen LogP contribution in [0.4, 0.5) is 0 Å². The largest absolute Gasteiger partial charge is 0.381 e. The molecule has 1 N–H and O–H groups in total. The van der Waals surface area contributed by atoms with Gasteiger partial charge in [-0.3, -0.25) is 0 Å². The molecule has 3 aromatic heterocycles. The molecule has 0 atom stereocenters. The number of aromatic nitrogens is 3. The lowest BCUT2D eigenvalue weighted by Gasteiger charge is -2.14. The summed E-state index contributed by atoms with van der Waals surface area (Å²) >= 11 is 0. The average molecular weight is 957 g/mol. The summed E-state index contributed by atoms with van der Waals surface area (Å²) in [6.07, 6.45) is 6.41. The van der Waals surface area contributed by atoms with Crippen molar-refractivity contribution in [1.82, 2.24) is 19.0 Å². The van der Waals surface area contributed by atoms with Gasteiger partial charge in [0.1, 0.15) is 0 Å². The Morgan fingerprint density at radius 3 is 0.947 bits per heavy atom. The Bertz CT molecular complexity index is 4590. The van der Waals surface area contributed by atoms with Crippen LogP contribution in [0.5, 0.6) is 0 Å². The van der Waals surface area contributed by atoms with E-state index in [0.29, 0.717) is 0 Å². The number of hydrogen-bond donors (Lipinski definition) is 1. The highest BCUT2D eigenvalue weighted by Crippen LogP contribution is 2.42. The van der Waals surface area contributed by atoms with Gasteiger partial charge in [-0.25, -0.2) is 0 Å². The summed E-state index contributed by atoms with van der Waals surface area (Å²) in [7, 11) is 0. The second-order valence-corrected chi connectivity index (χ2v) is 19.7. The summed E-state index contributed by atoms with van der Waals surface area (Å²) in [5.41, 5.74) is 22.4. The first kappa shape index (κ1) is 42.8. The Morgan fingerprint density at radius 1 is 0.253 bits per heavy atom. The minimum atomic E-state index is 0.839. The maximum Gasteiger partial charge on any atom is 0.0542 e. The zero-order valence-corrected chi connectivity index (χ0v) is 41.0. The van der Waals surface area contributed by atoms with Gasteiger partial charge in [0.05, 0.1) is 33.1 Å². The van der Waals surface area contributed by atoms with Crippen LogP contribution in [0.25, 0.3) is 133 Å². The maximum absolute atomic E-state index is 3.52. The number of nitrogens with one attached hydrogen (secondary N) is 1. The highest BCUT2D eigenvalue weighted by atomic mass is 15.0. The van der Waals surface area contributed by atoms with Crippen molar-refractivity contribution in [3.05, 3.63) is 279 Å². The lowest BCUT2D eigenvalue weighted by molar-refractivity contribution is 0.995. The Balaban J connectivity index is 0.922. The Morgan fingerprint density at radius 2 is 0.560 bits per heavy atom. The second kappa shape index (κ2) is 17.4. The number of nitrogens with zero attached hydrogens (tertiary/aromatic N) is 3. The standard InChI is InChI=1S/C71H48N4/c1-5-15-47(16-6-1)51-26-34-66-59(41-51)61-44-54(29-37-67(61)74(66)57-31-24-50(25-32-57)65-23-13-14-40-72-65)55-30-38-70-62(45-55)60-42-52(48-17-7-2-8-18-48)28-36-69(60)75(70)58-33-39-71-64(46-58)63-43-53(49-19-9-3-10-20-49)27-35-68(63)73(71)56-21-11-4-12-22-56/h1-39,41-46,72H,40H2. The molecule has 14 aromatic rings. The van der Waals surface area contributed by atoms with Crippen molar-refractivity contribution in [3.63, 3.8) is 0 Å². The third kappa shape index (κ3) is 7.14. The minimum absolute atomic E-state index is 0.839. The predicted molar refractivity (Wildman–Crippen MR) is 316 cm³/mol. The first-order valence-corrected chi connectivity index (χ1v) is 25.9. The van der Waals surface area contributed by atoms with E-state index in [1.165, 1.54) is 115 Å². The molecule has 1 aliphatic heterocycles. The van der Waals surface area contributed by atoms with Gasteiger partial charge in [0.2, 0.25) is 0 Å². The molecule has 75 heavy (non-hydrogen) atoms. The summed E-state index contributed by atoms with van der Waals surface area (Å²) < 4.78 is 7.31. The van der Waals surface area contributed by atoms with Crippen LogP contribution in [-0.4, -0.2) is 20.2 Å². The highest BCUT2D eigenvalue weighted by Gasteiger charge is 2.20. The predicted octanol–water partition coefficient (Wildman–Crippen LogP) is 18.1. The molecule has 4 nitrogen and oxygen atoms in total.